The number of rotatable bonds is 5. The largest absolute Gasteiger partial charge is 0.435 e. The Kier molecular flexibility index (Phi) is 8.03. The maximum absolute atomic E-state index is 12.9. The molecule has 1 unspecified atom stereocenters. The summed E-state index contributed by atoms with van der Waals surface area (Å²) in [7, 11) is 0. The highest BCUT2D eigenvalue weighted by Gasteiger charge is 2.29. The van der Waals surface area contributed by atoms with Crippen molar-refractivity contribution >= 4 is 40.7 Å². The molecule has 0 saturated carbocycles. The molecule has 1 saturated heterocycles. The molecule has 10 heteroatoms. The number of carbonyl (C=O) groups is 1. The van der Waals surface area contributed by atoms with E-state index < -0.39 is 6.61 Å². The molecule has 0 bridgehead atoms. The number of nitrogens with zero attached hydrogens (tertiary/aromatic N) is 4. The normalized spacial score (nSPS) is 15.4. The lowest BCUT2D eigenvalue weighted by atomic mass is 10.0. The van der Waals surface area contributed by atoms with Crippen molar-refractivity contribution in [3.05, 3.63) is 78.9 Å². The quantitative estimate of drug-likeness (QED) is 0.343. The van der Waals surface area contributed by atoms with Gasteiger partial charge in [-0.3, -0.25) is 0 Å². The molecular formula is C27H26ClF2N5O2. The molecule has 2 amide bonds. The van der Waals surface area contributed by atoms with Crippen LogP contribution >= 0.6 is 12.4 Å². The van der Waals surface area contributed by atoms with Crippen LogP contribution in [0.4, 0.5) is 25.1 Å². The van der Waals surface area contributed by atoms with Crippen molar-refractivity contribution in [3.8, 4) is 17.0 Å². The van der Waals surface area contributed by atoms with Gasteiger partial charge in [0.2, 0.25) is 0 Å². The summed E-state index contributed by atoms with van der Waals surface area (Å²) in [5, 5.41) is 14.0. The highest BCUT2D eigenvalue weighted by atomic mass is 35.5. The van der Waals surface area contributed by atoms with E-state index in [1.807, 2.05) is 49.4 Å². The van der Waals surface area contributed by atoms with Crippen LogP contribution in [-0.2, 0) is 0 Å². The number of benzene rings is 3. The van der Waals surface area contributed by atoms with E-state index in [4.69, 9.17) is 0 Å². The molecule has 3 aromatic carbocycles. The van der Waals surface area contributed by atoms with E-state index in [2.05, 4.69) is 37.3 Å². The Morgan fingerprint density at radius 2 is 1.62 bits per heavy atom. The number of ether oxygens (including phenoxy) is 1. The van der Waals surface area contributed by atoms with Crippen LogP contribution < -0.4 is 15.0 Å². The van der Waals surface area contributed by atoms with Gasteiger partial charge in [-0.05, 0) is 31.2 Å². The fourth-order valence-corrected chi connectivity index (χ4v) is 4.50. The lowest BCUT2D eigenvalue weighted by molar-refractivity contribution is -0.0498. The fraction of sp³-hybridized carbons (Fsp3) is 0.222. The van der Waals surface area contributed by atoms with E-state index >= 15 is 0 Å². The van der Waals surface area contributed by atoms with Gasteiger partial charge in [0.15, 0.2) is 5.82 Å². The van der Waals surface area contributed by atoms with Crippen molar-refractivity contribution in [2.45, 2.75) is 19.6 Å². The van der Waals surface area contributed by atoms with Crippen LogP contribution in [0.3, 0.4) is 0 Å². The maximum atomic E-state index is 12.9. The minimum atomic E-state index is -2.89. The van der Waals surface area contributed by atoms with Crippen molar-refractivity contribution < 1.29 is 18.3 Å². The molecule has 0 radical (unpaired) electrons. The lowest BCUT2D eigenvalue weighted by Crippen LogP contribution is -2.55. The van der Waals surface area contributed by atoms with E-state index in [1.54, 1.807) is 4.90 Å². The molecule has 37 heavy (non-hydrogen) atoms. The molecule has 7 nitrogen and oxygen atoms in total. The molecule has 1 aliphatic heterocycles. The van der Waals surface area contributed by atoms with Gasteiger partial charge in [-0.2, -0.15) is 8.78 Å². The zero-order chi connectivity index (χ0) is 25.1. The number of hydrogen-bond donors (Lipinski definition) is 1. The first-order valence-electron chi connectivity index (χ1n) is 11.7. The number of aromatic nitrogens is 2. The van der Waals surface area contributed by atoms with Crippen LogP contribution in [0.1, 0.15) is 6.92 Å². The average molecular weight is 526 g/mol. The number of alkyl halides is 2. The molecule has 0 aliphatic carbocycles. The number of hydrogen-bond acceptors (Lipinski definition) is 5. The van der Waals surface area contributed by atoms with E-state index in [1.165, 1.54) is 24.3 Å². The molecular weight excluding hydrogens is 500 g/mol. The number of nitrogens with one attached hydrogen (secondary N) is 1. The summed E-state index contributed by atoms with van der Waals surface area (Å²) in [6.07, 6.45) is 0. The molecule has 1 aromatic heterocycles. The van der Waals surface area contributed by atoms with Crippen LogP contribution in [0, 0.1) is 0 Å². The van der Waals surface area contributed by atoms with Crippen LogP contribution in [0.5, 0.6) is 5.75 Å². The van der Waals surface area contributed by atoms with Crippen molar-refractivity contribution in [3.63, 3.8) is 0 Å². The Hall–Kier alpha value is -3.98. The Morgan fingerprint density at radius 3 is 2.30 bits per heavy atom. The summed E-state index contributed by atoms with van der Waals surface area (Å²) >= 11 is 0. The minimum absolute atomic E-state index is 0. The molecule has 1 aliphatic rings. The van der Waals surface area contributed by atoms with Crippen molar-refractivity contribution in [2.75, 3.05) is 29.9 Å². The molecule has 5 rings (SSSR count). The summed E-state index contributed by atoms with van der Waals surface area (Å²) in [6.45, 7) is 0.786. The second-order valence-electron chi connectivity index (χ2n) is 8.61. The number of carbonyl (C=O) groups excluding carboxylic acids is 1. The summed E-state index contributed by atoms with van der Waals surface area (Å²) in [5.74, 6) is 0.836. The maximum Gasteiger partial charge on any atom is 0.387 e. The van der Waals surface area contributed by atoms with Gasteiger partial charge in [-0.1, -0.05) is 54.6 Å². The fourth-order valence-electron chi connectivity index (χ4n) is 4.50. The molecule has 4 aromatic rings. The van der Waals surface area contributed by atoms with E-state index in [0.717, 1.165) is 27.8 Å². The van der Waals surface area contributed by atoms with E-state index in [-0.39, 0.29) is 30.2 Å². The standard InChI is InChI=1S/C27H25F2N5O2.ClH/c1-18-17-33(15-16-34(18)27(35)30-20-11-13-21(14-12-20)36-26(28)29)25-23-10-6-5-9-22(23)24(31-32-25)19-7-3-2-4-8-19;/h2-14,18,26H,15-17H2,1H3,(H,30,35);1H. The van der Waals surface area contributed by atoms with Gasteiger partial charge in [-0.25, -0.2) is 4.79 Å². The summed E-state index contributed by atoms with van der Waals surface area (Å²) in [4.78, 5) is 16.8. The van der Waals surface area contributed by atoms with Crippen molar-refractivity contribution in [1.29, 1.82) is 0 Å². The number of anilines is 2. The van der Waals surface area contributed by atoms with Crippen LogP contribution in [0.25, 0.3) is 22.0 Å². The zero-order valence-corrected chi connectivity index (χ0v) is 20.9. The molecule has 1 atom stereocenters. The zero-order valence-electron chi connectivity index (χ0n) is 20.1. The Labute approximate surface area is 219 Å². The number of piperazine rings is 1. The molecule has 0 spiro atoms. The predicted molar refractivity (Wildman–Crippen MR) is 143 cm³/mol. The Balaban J connectivity index is 0.00000320. The monoisotopic (exact) mass is 525 g/mol. The van der Waals surface area contributed by atoms with Gasteiger partial charge in [0.05, 0.1) is 0 Å². The van der Waals surface area contributed by atoms with Crippen molar-refractivity contribution in [1.82, 2.24) is 15.1 Å². The number of amides is 2. The van der Waals surface area contributed by atoms with Gasteiger partial charge in [0.1, 0.15) is 11.4 Å². The SMILES string of the molecule is CC1CN(c2nnc(-c3ccccc3)c3ccccc23)CCN1C(=O)Nc1ccc(OC(F)F)cc1.Cl. The van der Waals surface area contributed by atoms with Gasteiger partial charge in [0, 0.05) is 47.7 Å². The van der Waals surface area contributed by atoms with E-state index in [0.29, 0.717) is 25.3 Å². The molecule has 1 fully saturated rings. The third-order valence-corrected chi connectivity index (χ3v) is 6.23. The first-order valence-corrected chi connectivity index (χ1v) is 11.7. The second-order valence-corrected chi connectivity index (χ2v) is 8.61. The smallest absolute Gasteiger partial charge is 0.387 e. The predicted octanol–water partition coefficient (Wildman–Crippen LogP) is 6.06. The number of urea groups is 1. The van der Waals surface area contributed by atoms with Crippen LogP contribution in [0.2, 0.25) is 0 Å². The summed E-state index contributed by atoms with van der Waals surface area (Å²) < 4.78 is 29.0. The Bertz CT molecular complexity index is 1360. The number of fused-ring (bicyclic) bond motifs is 1. The van der Waals surface area contributed by atoms with Crippen LogP contribution in [-0.4, -0.2) is 53.4 Å². The average Bonchev–Trinajstić information content (AvgIpc) is 2.89. The minimum Gasteiger partial charge on any atom is -0.435 e. The first-order chi connectivity index (χ1) is 17.5. The lowest BCUT2D eigenvalue weighted by Gasteiger charge is -2.40. The molecule has 1 N–H and O–H groups in total. The van der Waals surface area contributed by atoms with Gasteiger partial charge in [-0.15, -0.1) is 22.6 Å². The third kappa shape index (κ3) is 5.72. The summed E-state index contributed by atoms with van der Waals surface area (Å²) in [6, 6.07) is 23.6. The van der Waals surface area contributed by atoms with Gasteiger partial charge >= 0.3 is 12.6 Å². The Morgan fingerprint density at radius 1 is 0.946 bits per heavy atom. The van der Waals surface area contributed by atoms with Gasteiger partial charge in [0.25, 0.3) is 0 Å². The molecule has 2 heterocycles. The highest BCUT2D eigenvalue weighted by Crippen LogP contribution is 2.32. The second kappa shape index (κ2) is 11.4. The van der Waals surface area contributed by atoms with Crippen LogP contribution in [0.15, 0.2) is 78.9 Å². The number of halogens is 3. The molecule has 192 valence electrons. The summed E-state index contributed by atoms with van der Waals surface area (Å²) in [5.41, 5.74) is 2.35. The highest BCUT2D eigenvalue weighted by molar-refractivity contribution is 6.00. The first kappa shape index (κ1) is 26.1. The van der Waals surface area contributed by atoms with Crippen molar-refractivity contribution in [2.24, 2.45) is 0 Å². The van der Waals surface area contributed by atoms with E-state index in [9.17, 15) is 13.6 Å². The van der Waals surface area contributed by atoms with Gasteiger partial charge < -0.3 is 19.9 Å². The topological polar surface area (TPSA) is 70.6 Å². The third-order valence-electron chi connectivity index (χ3n) is 6.23.